The molecule has 0 fully saturated rings. The number of carbonyl (C=O) groups is 4. The van der Waals surface area contributed by atoms with Crippen LogP contribution >= 0.6 is 0 Å². The van der Waals surface area contributed by atoms with Crippen LogP contribution in [0.2, 0.25) is 0 Å². The average molecular weight is 416 g/mol. The summed E-state index contributed by atoms with van der Waals surface area (Å²) in [4.78, 5) is 46.9. The van der Waals surface area contributed by atoms with Crippen LogP contribution in [0.3, 0.4) is 0 Å². The molecule has 1 aliphatic heterocycles. The van der Waals surface area contributed by atoms with Gasteiger partial charge >= 0.3 is 5.97 Å². The smallest absolute Gasteiger partial charge is 0.308 e. The monoisotopic (exact) mass is 416 g/mol. The molecular formula is C23H16N2O6. The van der Waals surface area contributed by atoms with E-state index in [9.17, 15) is 19.2 Å². The van der Waals surface area contributed by atoms with E-state index in [4.69, 9.17) is 9.47 Å². The first-order valence-corrected chi connectivity index (χ1v) is 9.26. The minimum absolute atomic E-state index is 0.266. The van der Waals surface area contributed by atoms with Crippen LogP contribution in [0, 0.1) is 0 Å². The summed E-state index contributed by atoms with van der Waals surface area (Å²) in [6, 6.07) is 17.6. The lowest BCUT2D eigenvalue weighted by Gasteiger charge is -2.09. The molecule has 3 aromatic carbocycles. The van der Waals surface area contributed by atoms with Crippen LogP contribution in [-0.2, 0) is 4.79 Å². The molecule has 0 radical (unpaired) electrons. The van der Waals surface area contributed by atoms with Gasteiger partial charge in [0.25, 0.3) is 17.7 Å². The highest BCUT2D eigenvalue weighted by Crippen LogP contribution is 2.27. The van der Waals surface area contributed by atoms with Gasteiger partial charge in [0.1, 0.15) is 17.2 Å². The fourth-order valence-corrected chi connectivity index (χ4v) is 3.02. The average Bonchev–Trinajstić information content (AvgIpc) is 3.02. The molecule has 1 aliphatic rings. The molecule has 0 aromatic heterocycles. The maximum Gasteiger partial charge on any atom is 0.308 e. The number of hydrogen-bond acceptors (Lipinski definition) is 6. The predicted octanol–water partition coefficient (Wildman–Crippen LogP) is 3.54. The maximum atomic E-state index is 12.4. The van der Waals surface area contributed by atoms with E-state index < -0.39 is 17.8 Å². The third-order valence-corrected chi connectivity index (χ3v) is 4.41. The molecule has 0 saturated heterocycles. The summed E-state index contributed by atoms with van der Waals surface area (Å²) >= 11 is 0. The van der Waals surface area contributed by atoms with Crippen LogP contribution in [-0.4, -0.2) is 23.7 Å². The Bertz CT molecular complexity index is 1220. The highest BCUT2D eigenvalue weighted by atomic mass is 16.5. The molecule has 31 heavy (non-hydrogen) atoms. The van der Waals surface area contributed by atoms with Crippen LogP contribution in [0.4, 0.5) is 5.69 Å². The van der Waals surface area contributed by atoms with Crippen LogP contribution in [0.25, 0.3) is 0 Å². The molecule has 0 unspecified atom stereocenters. The summed E-state index contributed by atoms with van der Waals surface area (Å²) in [6.07, 6.45) is 0. The zero-order valence-electron chi connectivity index (χ0n) is 16.3. The summed E-state index contributed by atoms with van der Waals surface area (Å²) < 4.78 is 10.7. The Hall–Kier alpha value is -4.46. The van der Waals surface area contributed by atoms with E-state index in [2.05, 4.69) is 10.6 Å². The number of amides is 3. The van der Waals surface area contributed by atoms with Crippen molar-refractivity contribution in [1.82, 2.24) is 5.32 Å². The standard InChI is InChI=1S/C23H16N2O6/c1-13(26)30-17-4-2-3-14(11-17)21(27)24-15-5-7-16(8-6-15)31-18-9-10-19-20(12-18)23(29)25-22(19)28/h2-12H,1H3,(H,24,27)(H,25,28,29). The van der Waals surface area contributed by atoms with Crippen molar-refractivity contribution in [3.63, 3.8) is 0 Å². The molecule has 3 aromatic rings. The number of nitrogens with one attached hydrogen (secondary N) is 2. The molecule has 1 heterocycles. The van der Waals surface area contributed by atoms with E-state index in [0.717, 1.165) is 0 Å². The first-order valence-electron chi connectivity index (χ1n) is 9.26. The number of anilines is 1. The van der Waals surface area contributed by atoms with Gasteiger partial charge in [0, 0.05) is 18.2 Å². The second-order valence-corrected chi connectivity index (χ2v) is 6.69. The van der Waals surface area contributed by atoms with Gasteiger partial charge in [-0.15, -0.1) is 0 Å². The van der Waals surface area contributed by atoms with E-state index in [1.165, 1.54) is 25.1 Å². The Labute approximate surface area is 176 Å². The van der Waals surface area contributed by atoms with Crippen LogP contribution in [0.15, 0.2) is 66.7 Å². The summed E-state index contributed by atoms with van der Waals surface area (Å²) in [7, 11) is 0. The Kier molecular flexibility index (Phi) is 5.19. The minimum Gasteiger partial charge on any atom is -0.457 e. The molecule has 8 nitrogen and oxygen atoms in total. The summed E-state index contributed by atoms with van der Waals surface area (Å²) in [5, 5.41) is 4.98. The number of rotatable bonds is 5. The number of fused-ring (bicyclic) bond motifs is 1. The molecule has 4 rings (SSSR count). The fourth-order valence-electron chi connectivity index (χ4n) is 3.02. The number of esters is 1. The Morgan fingerprint density at radius 3 is 2.26 bits per heavy atom. The number of carbonyl (C=O) groups excluding carboxylic acids is 4. The zero-order valence-corrected chi connectivity index (χ0v) is 16.3. The van der Waals surface area contributed by atoms with Crippen molar-refractivity contribution in [2.75, 3.05) is 5.32 Å². The largest absolute Gasteiger partial charge is 0.457 e. The second-order valence-electron chi connectivity index (χ2n) is 6.69. The zero-order chi connectivity index (χ0) is 22.0. The van der Waals surface area contributed by atoms with Crippen molar-refractivity contribution in [3.05, 3.63) is 83.4 Å². The Morgan fingerprint density at radius 2 is 1.52 bits per heavy atom. The van der Waals surface area contributed by atoms with Gasteiger partial charge in [-0.1, -0.05) is 6.07 Å². The van der Waals surface area contributed by atoms with E-state index in [0.29, 0.717) is 28.3 Å². The quantitative estimate of drug-likeness (QED) is 0.374. The van der Waals surface area contributed by atoms with Crippen molar-refractivity contribution in [1.29, 1.82) is 0 Å². The van der Waals surface area contributed by atoms with Crippen molar-refractivity contribution in [2.24, 2.45) is 0 Å². The topological polar surface area (TPSA) is 111 Å². The van der Waals surface area contributed by atoms with E-state index in [1.54, 1.807) is 48.5 Å². The van der Waals surface area contributed by atoms with Crippen molar-refractivity contribution >= 4 is 29.4 Å². The predicted molar refractivity (Wildman–Crippen MR) is 110 cm³/mol. The highest BCUT2D eigenvalue weighted by molar-refractivity contribution is 6.21. The Morgan fingerprint density at radius 1 is 0.806 bits per heavy atom. The fraction of sp³-hybridized carbons (Fsp3) is 0.0435. The maximum absolute atomic E-state index is 12.4. The number of imide groups is 1. The van der Waals surface area contributed by atoms with Gasteiger partial charge in [-0.25, -0.2) is 0 Å². The molecule has 2 N–H and O–H groups in total. The lowest BCUT2D eigenvalue weighted by atomic mass is 10.1. The number of ether oxygens (including phenoxy) is 2. The van der Waals surface area contributed by atoms with E-state index >= 15 is 0 Å². The molecule has 8 heteroatoms. The lowest BCUT2D eigenvalue weighted by Crippen LogP contribution is -2.19. The summed E-state index contributed by atoms with van der Waals surface area (Å²) in [6.45, 7) is 1.29. The highest BCUT2D eigenvalue weighted by Gasteiger charge is 2.26. The molecule has 154 valence electrons. The van der Waals surface area contributed by atoms with Crippen LogP contribution < -0.4 is 20.1 Å². The third kappa shape index (κ3) is 4.43. The van der Waals surface area contributed by atoms with E-state index in [-0.39, 0.29) is 17.2 Å². The van der Waals surface area contributed by atoms with Crippen LogP contribution in [0.5, 0.6) is 17.2 Å². The van der Waals surface area contributed by atoms with Crippen molar-refractivity contribution in [3.8, 4) is 17.2 Å². The number of hydrogen-bond donors (Lipinski definition) is 2. The SMILES string of the molecule is CC(=O)Oc1cccc(C(=O)Nc2ccc(Oc3ccc4c(c3)C(=O)NC4=O)cc2)c1. The van der Waals surface area contributed by atoms with Gasteiger partial charge in [0.05, 0.1) is 11.1 Å². The Balaban J connectivity index is 1.43. The lowest BCUT2D eigenvalue weighted by molar-refractivity contribution is -0.131. The molecular weight excluding hydrogens is 400 g/mol. The molecule has 0 aliphatic carbocycles. The van der Waals surface area contributed by atoms with Gasteiger partial charge in [-0.05, 0) is 60.7 Å². The summed E-state index contributed by atoms with van der Waals surface area (Å²) in [5.74, 6) is -0.539. The third-order valence-electron chi connectivity index (χ3n) is 4.41. The number of benzene rings is 3. The van der Waals surface area contributed by atoms with Gasteiger partial charge < -0.3 is 14.8 Å². The molecule has 0 bridgehead atoms. The van der Waals surface area contributed by atoms with Crippen molar-refractivity contribution in [2.45, 2.75) is 6.92 Å². The van der Waals surface area contributed by atoms with Gasteiger partial charge in [-0.2, -0.15) is 0 Å². The molecule has 3 amide bonds. The first kappa shape index (κ1) is 19.8. The van der Waals surface area contributed by atoms with Crippen molar-refractivity contribution < 1.29 is 28.7 Å². The minimum atomic E-state index is -0.469. The van der Waals surface area contributed by atoms with Crippen LogP contribution in [0.1, 0.15) is 38.0 Å². The molecule has 0 saturated carbocycles. The normalized spacial score (nSPS) is 12.0. The van der Waals surface area contributed by atoms with Gasteiger partial charge in [0.15, 0.2) is 0 Å². The van der Waals surface area contributed by atoms with Gasteiger partial charge in [0.2, 0.25) is 0 Å². The summed E-state index contributed by atoms with van der Waals surface area (Å²) in [5.41, 5.74) is 1.45. The second kappa shape index (κ2) is 8.11. The molecule has 0 spiro atoms. The van der Waals surface area contributed by atoms with E-state index in [1.807, 2.05) is 0 Å². The van der Waals surface area contributed by atoms with Gasteiger partial charge in [-0.3, -0.25) is 24.5 Å². The first-order chi connectivity index (χ1) is 14.9. The molecule has 0 atom stereocenters.